The summed E-state index contributed by atoms with van der Waals surface area (Å²) < 4.78 is 39.8. The van der Waals surface area contributed by atoms with Crippen LogP contribution in [0.15, 0.2) is 77.7 Å². The van der Waals surface area contributed by atoms with Crippen LogP contribution in [0, 0.1) is 5.82 Å². The molecule has 158 valence electrons. The molecule has 0 unspecified atom stereocenters. The molecule has 0 saturated heterocycles. The normalized spacial score (nSPS) is 11.5. The molecule has 0 saturated carbocycles. The fourth-order valence-corrected chi connectivity index (χ4v) is 5.33. The lowest BCUT2D eigenvalue weighted by Crippen LogP contribution is -2.35. The lowest BCUT2D eigenvalue weighted by atomic mass is 10.2. The summed E-state index contributed by atoms with van der Waals surface area (Å²) in [5.41, 5.74) is 1.35. The van der Waals surface area contributed by atoms with Crippen LogP contribution in [0.5, 0.6) is 0 Å². The Bertz CT molecular complexity index is 1340. The molecule has 1 amide bonds. The van der Waals surface area contributed by atoms with E-state index in [9.17, 15) is 17.6 Å². The maximum atomic E-state index is 13.6. The molecule has 0 atom stereocenters. The standard InChI is InChI=1S/C22H16ClFN2O3S2/c23-16-6-9-18(10-7-16)31(28,29)14-21(27)26(13-15-4-2-1-3-5-15)22-25-19-11-8-17(24)12-20(19)30-22/h1-12H,13-14H2. The first-order chi connectivity index (χ1) is 14.8. The lowest BCUT2D eigenvalue weighted by molar-refractivity contribution is -0.116. The van der Waals surface area contributed by atoms with E-state index in [-0.39, 0.29) is 11.4 Å². The number of hydrogen-bond donors (Lipinski definition) is 0. The maximum absolute atomic E-state index is 13.6. The van der Waals surface area contributed by atoms with E-state index in [1.807, 2.05) is 30.3 Å². The monoisotopic (exact) mass is 474 g/mol. The van der Waals surface area contributed by atoms with E-state index in [0.29, 0.717) is 20.4 Å². The van der Waals surface area contributed by atoms with E-state index < -0.39 is 27.3 Å². The van der Waals surface area contributed by atoms with Crippen LogP contribution in [0.1, 0.15) is 5.56 Å². The van der Waals surface area contributed by atoms with Gasteiger partial charge < -0.3 is 0 Å². The summed E-state index contributed by atoms with van der Waals surface area (Å²) in [7, 11) is -3.89. The van der Waals surface area contributed by atoms with Crippen LogP contribution in [0.4, 0.5) is 9.52 Å². The molecule has 0 radical (unpaired) electrons. The Balaban J connectivity index is 1.69. The van der Waals surface area contributed by atoms with E-state index in [1.54, 1.807) is 0 Å². The van der Waals surface area contributed by atoms with Gasteiger partial charge in [-0.15, -0.1) is 0 Å². The van der Waals surface area contributed by atoms with Crippen molar-refractivity contribution < 1.29 is 17.6 Å². The van der Waals surface area contributed by atoms with Crippen molar-refractivity contribution in [2.75, 3.05) is 10.7 Å². The number of sulfone groups is 1. The lowest BCUT2D eigenvalue weighted by Gasteiger charge is -2.20. The zero-order valence-electron chi connectivity index (χ0n) is 16.0. The van der Waals surface area contributed by atoms with Gasteiger partial charge in [-0.2, -0.15) is 0 Å². The fourth-order valence-electron chi connectivity index (χ4n) is 3.00. The van der Waals surface area contributed by atoms with Crippen molar-refractivity contribution in [1.82, 2.24) is 4.98 Å². The number of nitrogens with zero attached hydrogens (tertiary/aromatic N) is 2. The molecule has 9 heteroatoms. The number of aromatic nitrogens is 1. The van der Waals surface area contributed by atoms with Crippen LogP contribution in [-0.4, -0.2) is 25.1 Å². The topological polar surface area (TPSA) is 67.3 Å². The SMILES string of the molecule is O=C(CS(=O)(=O)c1ccc(Cl)cc1)N(Cc1ccccc1)c1nc2ccc(F)cc2s1. The van der Waals surface area contributed by atoms with E-state index in [0.717, 1.165) is 16.9 Å². The molecular weight excluding hydrogens is 459 g/mol. The maximum Gasteiger partial charge on any atom is 0.244 e. The van der Waals surface area contributed by atoms with Crippen molar-refractivity contribution in [2.24, 2.45) is 0 Å². The van der Waals surface area contributed by atoms with Crippen molar-refractivity contribution in [3.05, 3.63) is 89.2 Å². The Hall–Kier alpha value is -2.81. The van der Waals surface area contributed by atoms with Crippen LogP contribution < -0.4 is 4.90 Å². The summed E-state index contributed by atoms with van der Waals surface area (Å²) in [4.78, 5) is 18.9. The van der Waals surface area contributed by atoms with Crippen LogP contribution >= 0.6 is 22.9 Å². The number of anilines is 1. The highest BCUT2D eigenvalue weighted by molar-refractivity contribution is 7.92. The van der Waals surface area contributed by atoms with Gasteiger partial charge >= 0.3 is 0 Å². The molecule has 31 heavy (non-hydrogen) atoms. The Kier molecular flexibility index (Phi) is 6.04. The van der Waals surface area contributed by atoms with Crippen molar-refractivity contribution in [3.63, 3.8) is 0 Å². The summed E-state index contributed by atoms with van der Waals surface area (Å²) in [5, 5.41) is 0.707. The van der Waals surface area contributed by atoms with Crippen molar-refractivity contribution in [2.45, 2.75) is 11.4 Å². The van der Waals surface area contributed by atoms with Crippen molar-refractivity contribution in [3.8, 4) is 0 Å². The predicted molar refractivity (Wildman–Crippen MR) is 121 cm³/mol. The summed E-state index contributed by atoms with van der Waals surface area (Å²) in [6, 6.07) is 19.0. The Labute approximate surface area is 187 Å². The molecule has 0 aliphatic carbocycles. The van der Waals surface area contributed by atoms with Gasteiger partial charge in [0.2, 0.25) is 5.91 Å². The highest BCUT2D eigenvalue weighted by Crippen LogP contribution is 2.31. The fraction of sp³-hybridized carbons (Fsp3) is 0.0909. The molecule has 0 fully saturated rings. The van der Waals surface area contributed by atoms with Gasteiger partial charge in [0.05, 0.1) is 21.7 Å². The van der Waals surface area contributed by atoms with Crippen molar-refractivity contribution >= 4 is 54.0 Å². The van der Waals surface area contributed by atoms with Gasteiger partial charge in [-0.1, -0.05) is 53.3 Å². The van der Waals surface area contributed by atoms with E-state index in [2.05, 4.69) is 4.98 Å². The minimum Gasteiger partial charge on any atom is -0.283 e. The molecule has 0 aliphatic rings. The summed E-state index contributed by atoms with van der Waals surface area (Å²) >= 11 is 6.97. The average Bonchev–Trinajstić information content (AvgIpc) is 3.15. The van der Waals surface area contributed by atoms with E-state index >= 15 is 0 Å². The largest absolute Gasteiger partial charge is 0.283 e. The number of benzene rings is 3. The zero-order chi connectivity index (χ0) is 22.0. The number of hydrogen-bond acceptors (Lipinski definition) is 5. The molecule has 0 N–H and O–H groups in total. The Morgan fingerprint density at radius 2 is 1.74 bits per heavy atom. The molecule has 0 aliphatic heterocycles. The first kappa shape index (κ1) is 21.4. The van der Waals surface area contributed by atoms with E-state index in [4.69, 9.17) is 11.6 Å². The third-order valence-electron chi connectivity index (χ3n) is 4.54. The highest BCUT2D eigenvalue weighted by atomic mass is 35.5. The van der Waals surface area contributed by atoms with Crippen molar-refractivity contribution in [1.29, 1.82) is 0 Å². The Morgan fingerprint density at radius 1 is 1.03 bits per heavy atom. The number of thiazole rings is 1. The third-order valence-corrected chi connectivity index (χ3v) is 7.45. The average molecular weight is 475 g/mol. The van der Waals surface area contributed by atoms with Gasteiger partial charge in [0.15, 0.2) is 15.0 Å². The van der Waals surface area contributed by atoms with E-state index in [1.165, 1.54) is 47.4 Å². The molecule has 5 nitrogen and oxygen atoms in total. The Morgan fingerprint density at radius 3 is 2.45 bits per heavy atom. The first-order valence-corrected chi connectivity index (χ1v) is 12.1. The quantitative estimate of drug-likeness (QED) is 0.390. The molecule has 4 aromatic rings. The van der Waals surface area contributed by atoms with Crippen LogP contribution in [0.25, 0.3) is 10.2 Å². The second kappa shape index (κ2) is 8.74. The van der Waals surface area contributed by atoms with Gasteiger partial charge in [0, 0.05) is 5.02 Å². The molecular formula is C22H16ClFN2O3S2. The van der Waals surface area contributed by atoms with Crippen LogP contribution in [-0.2, 0) is 21.2 Å². The van der Waals surface area contributed by atoms with Gasteiger partial charge in [0.25, 0.3) is 0 Å². The van der Waals surface area contributed by atoms with Gasteiger partial charge in [0.1, 0.15) is 11.6 Å². The predicted octanol–water partition coefficient (Wildman–Crippen LogP) is 5.10. The second-order valence-corrected chi connectivity index (χ2v) is 10.2. The third kappa shape index (κ3) is 4.92. The molecule has 1 heterocycles. The van der Waals surface area contributed by atoms with Gasteiger partial charge in [-0.25, -0.2) is 17.8 Å². The number of carbonyl (C=O) groups excluding carboxylic acids is 1. The second-order valence-electron chi connectivity index (χ2n) is 6.79. The molecule has 3 aromatic carbocycles. The summed E-state index contributed by atoms with van der Waals surface area (Å²) in [6.45, 7) is 0.137. The minimum absolute atomic E-state index is 0.0104. The summed E-state index contributed by atoms with van der Waals surface area (Å²) in [5.74, 6) is -1.77. The van der Waals surface area contributed by atoms with Crippen LogP contribution in [0.3, 0.4) is 0 Å². The number of carbonyl (C=O) groups is 1. The smallest absolute Gasteiger partial charge is 0.244 e. The molecule has 4 rings (SSSR count). The minimum atomic E-state index is -3.89. The molecule has 0 bridgehead atoms. The van der Waals surface area contributed by atoms with Crippen LogP contribution in [0.2, 0.25) is 5.02 Å². The molecule has 1 aromatic heterocycles. The number of rotatable bonds is 6. The highest BCUT2D eigenvalue weighted by Gasteiger charge is 2.27. The molecule has 0 spiro atoms. The first-order valence-electron chi connectivity index (χ1n) is 9.20. The summed E-state index contributed by atoms with van der Waals surface area (Å²) in [6.07, 6.45) is 0. The number of amides is 1. The number of fused-ring (bicyclic) bond motifs is 1. The van der Waals surface area contributed by atoms with Gasteiger partial charge in [-0.05, 0) is 48.0 Å². The number of halogens is 2. The zero-order valence-corrected chi connectivity index (χ0v) is 18.4. The van der Waals surface area contributed by atoms with Gasteiger partial charge in [-0.3, -0.25) is 9.69 Å².